The monoisotopic (exact) mass is 264 g/mol. The van der Waals surface area contributed by atoms with Gasteiger partial charge in [0.15, 0.2) is 29.0 Å². The fraction of sp³-hybridized carbons (Fsp3) is 0. The van der Waals surface area contributed by atoms with E-state index in [1.54, 1.807) is 6.07 Å². The van der Waals surface area contributed by atoms with E-state index in [1.165, 1.54) is 6.07 Å². The molecule has 0 saturated carbocycles. The van der Waals surface area contributed by atoms with Crippen molar-refractivity contribution in [3.05, 3.63) is 53.3 Å². The zero-order chi connectivity index (χ0) is 14.0. The molecule has 0 atom stereocenters. The quantitative estimate of drug-likeness (QED) is 0.846. The molecule has 0 aliphatic carbocycles. The van der Waals surface area contributed by atoms with Crippen LogP contribution in [0.5, 0.6) is 11.5 Å². The second-order valence-electron chi connectivity index (χ2n) is 3.67. The van der Waals surface area contributed by atoms with Crippen molar-refractivity contribution in [1.29, 1.82) is 5.26 Å². The first-order chi connectivity index (χ1) is 9.01. The van der Waals surface area contributed by atoms with Crippen LogP contribution in [0, 0.1) is 28.8 Å². The van der Waals surface area contributed by atoms with Gasteiger partial charge < -0.3 is 10.5 Å². The van der Waals surface area contributed by atoms with Gasteiger partial charge in [0.2, 0.25) is 0 Å². The van der Waals surface area contributed by atoms with Crippen molar-refractivity contribution in [2.75, 3.05) is 5.73 Å². The molecular weight excluding hydrogens is 257 g/mol. The Morgan fingerprint density at radius 2 is 1.63 bits per heavy atom. The minimum Gasteiger partial charge on any atom is -0.448 e. The third kappa shape index (κ3) is 2.60. The molecule has 0 bridgehead atoms. The lowest BCUT2D eigenvalue weighted by Crippen LogP contribution is -1.97. The molecule has 0 fully saturated rings. The average molecular weight is 264 g/mol. The number of anilines is 1. The molecule has 0 radical (unpaired) electrons. The van der Waals surface area contributed by atoms with E-state index >= 15 is 0 Å². The molecule has 2 N–H and O–H groups in total. The zero-order valence-electron chi connectivity index (χ0n) is 9.45. The van der Waals surface area contributed by atoms with Crippen molar-refractivity contribution in [2.24, 2.45) is 0 Å². The molecule has 0 aliphatic rings. The first-order valence-corrected chi connectivity index (χ1v) is 5.13. The lowest BCUT2D eigenvalue weighted by molar-refractivity contribution is 0.387. The normalized spacial score (nSPS) is 10.0. The molecule has 2 rings (SSSR count). The van der Waals surface area contributed by atoms with Gasteiger partial charge in [-0.3, -0.25) is 0 Å². The highest BCUT2D eigenvalue weighted by Crippen LogP contribution is 2.31. The second-order valence-corrected chi connectivity index (χ2v) is 3.67. The molecule has 0 unspecified atom stereocenters. The second kappa shape index (κ2) is 4.90. The fourth-order valence-electron chi connectivity index (χ4n) is 1.44. The Bertz CT molecular complexity index is 657. The highest BCUT2D eigenvalue weighted by Gasteiger charge is 2.15. The third-order valence-electron chi connectivity index (χ3n) is 2.29. The summed E-state index contributed by atoms with van der Waals surface area (Å²) in [7, 11) is 0. The number of rotatable bonds is 2. The molecule has 0 spiro atoms. The molecular formula is C13H7F3N2O. The first-order valence-electron chi connectivity index (χ1n) is 5.13. The molecule has 2 aromatic rings. The van der Waals surface area contributed by atoms with Crippen molar-refractivity contribution in [3.8, 4) is 17.6 Å². The summed E-state index contributed by atoms with van der Waals surface area (Å²) in [5, 5.41) is 8.57. The third-order valence-corrected chi connectivity index (χ3v) is 2.29. The maximum Gasteiger partial charge on any atom is 0.198 e. The Morgan fingerprint density at radius 3 is 2.16 bits per heavy atom. The van der Waals surface area contributed by atoms with Gasteiger partial charge in [-0.15, -0.1) is 0 Å². The van der Waals surface area contributed by atoms with Gasteiger partial charge in [-0.2, -0.15) is 5.26 Å². The molecule has 96 valence electrons. The summed E-state index contributed by atoms with van der Waals surface area (Å²) in [6.07, 6.45) is 0. The van der Waals surface area contributed by atoms with Crippen molar-refractivity contribution < 1.29 is 17.9 Å². The van der Waals surface area contributed by atoms with Gasteiger partial charge in [0.05, 0.1) is 11.6 Å². The van der Waals surface area contributed by atoms with Gasteiger partial charge in [0, 0.05) is 17.8 Å². The number of hydrogen-bond acceptors (Lipinski definition) is 3. The van der Waals surface area contributed by atoms with Gasteiger partial charge in [0.1, 0.15) is 0 Å². The van der Waals surface area contributed by atoms with E-state index in [2.05, 4.69) is 0 Å². The van der Waals surface area contributed by atoms with Crippen molar-refractivity contribution in [1.82, 2.24) is 0 Å². The summed E-state index contributed by atoms with van der Waals surface area (Å²) in [5.74, 6) is -4.11. The van der Waals surface area contributed by atoms with E-state index in [-0.39, 0.29) is 17.0 Å². The number of ether oxygens (including phenoxy) is 1. The lowest BCUT2D eigenvalue weighted by Gasteiger charge is -2.09. The van der Waals surface area contributed by atoms with Gasteiger partial charge in [-0.1, -0.05) is 0 Å². The SMILES string of the molecule is N#Cc1ccc(Oc2c(F)cc(N)cc2F)c(F)c1. The number of nitrogens with two attached hydrogens (primary N) is 1. The zero-order valence-corrected chi connectivity index (χ0v) is 9.45. The number of benzene rings is 2. The first kappa shape index (κ1) is 12.8. The maximum absolute atomic E-state index is 13.5. The van der Waals surface area contributed by atoms with E-state index in [0.29, 0.717) is 0 Å². The van der Waals surface area contributed by atoms with E-state index in [1.807, 2.05) is 0 Å². The molecule has 0 aromatic heterocycles. The summed E-state index contributed by atoms with van der Waals surface area (Å²) < 4.78 is 45.3. The molecule has 0 heterocycles. The van der Waals surface area contributed by atoms with Gasteiger partial charge in [-0.05, 0) is 18.2 Å². The topological polar surface area (TPSA) is 59.0 Å². The molecule has 0 amide bonds. The van der Waals surface area contributed by atoms with E-state index < -0.39 is 23.2 Å². The van der Waals surface area contributed by atoms with Crippen LogP contribution in [0.2, 0.25) is 0 Å². The predicted molar refractivity (Wildman–Crippen MR) is 62.0 cm³/mol. The Morgan fingerprint density at radius 1 is 1.00 bits per heavy atom. The van der Waals surface area contributed by atoms with Gasteiger partial charge in [0.25, 0.3) is 0 Å². The van der Waals surface area contributed by atoms with Crippen LogP contribution in [0.15, 0.2) is 30.3 Å². The molecule has 0 saturated heterocycles. The van der Waals surface area contributed by atoms with Crippen LogP contribution in [0.25, 0.3) is 0 Å². The average Bonchev–Trinajstić information content (AvgIpc) is 2.35. The Balaban J connectivity index is 2.40. The highest BCUT2D eigenvalue weighted by molar-refractivity contribution is 5.46. The number of nitriles is 1. The van der Waals surface area contributed by atoms with Crippen molar-refractivity contribution in [3.63, 3.8) is 0 Å². The molecule has 0 aliphatic heterocycles. The van der Waals surface area contributed by atoms with Crippen LogP contribution in [0.4, 0.5) is 18.9 Å². The Hall–Kier alpha value is -2.68. The van der Waals surface area contributed by atoms with Crippen LogP contribution >= 0.6 is 0 Å². The van der Waals surface area contributed by atoms with Gasteiger partial charge in [-0.25, -0.2) is 13.2 Å². The van der Waals surface area contributed by atoms with Gasteiger partial charge >= 0.3 is 0 Å². The molecule has 19 heavy (non-hydrogen) atoms. The summed E-state index contributed by atoms with van der Waals surface area (Å²) in [6.45, 7) is 0. The van der Waals surface area contributed by atoms with Crippen LogP contribution in [-0.4, -0.2) is 0 Å². The van der Waals surface area contributed by atoms with Crippen LogP contribution in [0.3, 0.4) is 0 Å². The predicted octanol–water partition coefficient (Wildman–Crippen LogP) is 3.35. The van der Waals surface area contributed by atoms with Crippen LogP contribution in [0.1, 0.15) is 5.56 Å². The molecule has 6 heteroatoms. The standard InChI is InChI=1S/C13H7F3N2O/c14-9-3-7(6-17)1-2-12(9)19-13-10(15)4-8(18)5-11(13)16/h1-5H,18H2. The van der Waals surface area contributed by atoms with Crippen LogP contribution in [-0.2, 0) is 0 Å². The Kier molecular flexibility index (Phi) is 3.29. The van der Waals surface area contributed by atoms with Crippen molar-refractivity contribution >= 4 is 5.69 Å². The largest absolute Gasteiger partial charge is 0.448 e. The summed E-state index contributed by atoms with van der Waals surface area (Å²) in [5.41, 5.74) is 5.21. The van der Waals surface area contributed by atoms with E-state index in [4.69, 9.17) is 15.7 Å². The van der Waals surface area contributed by atoms with E-state index in [0.717, 1.165) is 24.3 Å². The number of hydrogen-bond donors (Lipinski definition) is 1. The molecule has 3 nitrogen and oxygen atoms in total. The minimum atomic E-state index is -1.04. The molecule has 2 aromatic carbocycles. The smallest absolute Gasteiger partial charge is 0.198 e. The maximum atomic E-state index is 13.5. The lowest BCUT2D eigenvalue weighted by atomic mass is 10.2. The summed E-state index contributed by atoms with van der Waals surface area (Å²) in [6, 6.07) is 6.74. The van der Waals surface area contributed by atoms with Crippen LogP contribution < -0.4 is 10.5 Å². The summed E-state index contributed by atoms with van der Waals surface area (Å²) in [4.78, 5) is 0. The van der Waals surface area contributed by atoms with Crippen molar-refractivity contribution in [2.45, 2.75) is 0 Å². The van der Waals surface area contributed by atoms with E-state index in [9.17, 15) is 13.2 Å². The number of nitrogens with zero attached hydrogens (tertiary/aromatic N) is 1. The number of nitrogen functional groups attached to an aromatic ring is 1. The fourth-order valence-corrected chi connectivity index (χ4v) is 1.44. The summed E-state index contributed by atoms with van der Waals surface area (Å²) >= 11 is 0. The minimum absolute atomic E-state index is 0.0723. The number of halogens is 3. The Labute approximate surface area is 106 Å². The highest BCUT2D eigenvalue weighted by atomic mass is 19.1.